The molecule has 2 aliphatic rings. The van der Waals surface area contributed by atoms with E-state index < -0.39 is 33.5 Å². The van der Waals surface area contributed by atoms with Gasteiger partial charge in [-0.1, -0.05) is 42.0 Å². The number of sulfonamides is 1. The molecule has 0 radical (unpaired) electrons. The zero-order chi connectivity index (χ0) is 29.3. The van der Waals surface area contributed by atoms with Crippen LogP contribution in [-0.2, 0) is 32.5 Å². The highest BCUT2D eigenvalue weighted by Gasteiger charge is 2.39. The minimum Gasteiger partial charge on any atom is -0.479 e. The summed E-state index contributed by atoms with van der Waals surface area (Å²) in [5.74, 6) is -1.69. The quantitative estimate of drug-likeness (QED) is 0.343. The zero-order valence-corrected chi connectivity index (χ0v) is 24.8. The topological polar surface area (TPSA) is 83.9 Å². The first-order valence-electron chi connectivity index (χ1n) is 12.9. The fourth-order valence-corrected chi connectivity index (χ4v) is 7.11. The van der Waals surface area contributed by atoms with Gasteiger partial charge in [0.1, 0.15) is 5.82 Å². The summed E-state index contributed by atoms with van der Waals surface area (Å²) in [7, 11) is -3.83. The lowest BCUT2D eigenvalue weighted by molar-refractivity contribution is -0.160. The van der Waals surface area contributed by atoms with E-state index in [0.717, 1.165) is 22.9 Å². The number of rotatable bonds is 5. The summed E-state index contributed by atoms with van der Waals surface area (Å²) >= 11 is 6.53. The SMILES string of the molecule is Cc1c(-c2ccc(Cl)c3c2C=CC3)c([C@H](OC(C)(C)C)C(=O)O)c(C)c2c1-c1c(F)cccc1CN2S(C)(=O)=O. The predicted octanol–water partition coefficient (Wildman–Crippen LogP) is 7.22. The number of aliphatic carboxylic acids is 1. The number of anilines is 1. The third-order valence-electron chi connectivity index (χ3n) is 7.46. The highest BCUT2D eigenvalue weighted by Crippen LogP contribution is 2.53. The first kappa shape index (κ1) is 28.3. The number of allylic oxidation sites excluding steroid dienone is 1. The van der Waals surface area contributed by atoms with Crippen molar-refractivity contribution in [3.05, 3.63) is 80.6 Å². The Bertz CT molecular complexity index is 1720. The van der Waals surface area contributed by atoms with E-state index in [0.29, 0.717) is 50.4 Å². The van der Waals surface area contributed by atoms with E-state index in [1.54, 1.807) is 52.8 Å². The molecule has 0 saturated carbocycles. The van der Waals surface area contributed by atoms with Gasteiger partial charge in [0.15, 0.2) is 6.10 Å². The lowest BCUT2D eigenvalue weighted by atomic mass is 9.79. The van der Waals surface area contributed by atoms with Crippen LogP contribution in [0.15, 0.2) is 36.4 Å². The molecule has 6 nitrogen and oxygen atoms in total. The number of ether oxygens (including phenoxy) is 1. The Morgan fingerprint density at radius 1 is 1.10 bits per heavy atom. The van der Waals surface area contributed by atoms with Crippen molar-refractivity contribution < 1.29 is 27.4 Å². The van der Waals surface area contributed by atoms with E-state index in [-0.39, 0.29) is 12.2 Å². The van der Waals surface area contributed by atoms with Gasteiger partial charge in [0.05, 0.1) is 24.1 Å². The van der Waals surface area contributed by atoms with Gasteiger partial charge < -0.3 is 9.84 Å². The number of nitrogens with zero attached hydrogens (tertiary/aromatic N) is 1. The van der Waals surface area contributed by atoms with Crippen molar-refractivity contribution in [2.75, 3.05) is 10.6 Å². The van der Waals surface area contributed by atoms with Crippen LogP contribution in [0.3, 0.4) is 0 Å². The first-order chi connectivity index (χ1) is 18.6. The molecule has 1 N–H and O–H groups in total. The van der Waals surface area contributed by atoms with Crippen molar-refractivity contribution in [3.63, 3.8) is 0 Å². The monoisotopic (exact) mass is 583 g/mol. The van der Waals surface area contributed by atoms with Crippen LogP contribution in [0, 0.1) is 19.7 Å². The van der Waals surface area contributed by atoms with Gasteiger partial charge in [-0.05, 0) is 92.1 Å². The molecule has 210 valence electrons. The Balaban J connectivity index is 2.01. The van der Waals surface area contributed by atoms with E-state index in [1.807, 2.05) is 18.2 Å². The summed E-state index contributed by atoms with van der Waals surface area (Å²) < 4.78 is 49.3. The van der Waals surface area contributed by atoms with E-state index in [1.165, 1.54) is 10.4 Å². The van der Waals surface area contributed by atoms with Crippen molar-refractivity contribution in [1.82, 2.24) is 0 Å². The van der Waals surface area contributed by atoms with Gasteiger partial charge in [0.25, 0.3) is 0 Å². The maximum Gasteiger partial charge on any atom is 0.337 e. The fourth-order valence-electron chi connectivity index (χ4n) is 5.93. The maximum atomic E-state index is 15.6. The summed E-state index contributed by atoms with van der Waals surface area (Å²) in [6.07, 6.45) is 4.23. The smallest absolute Gasteiger partial charge is 0.337 e. The molecule has 9 heteroatoms. The molecule has 0 aromatic heterocycles. The highest BCUT2D eigenvalue weighted by molar-refractivity contribution is 7.92. The first-order valence-corrected chi connectivity index (χ1v) is 15.2. The fraction of sp³-hybridized carbons (Fsp3) is 0.323. The molecule has 0 bridgehead atoms. The summed E-state index contributed by atoms with van der Waals surface area (Å²) in [5.41, 5.74) is 5.03. The summed E-state index contributed by atoms with van der Waals surface area (Å²) in [4.78, 5) is 12.9. The second kappa shape index (κ2) is 9.72. The van der Waals surface area contributed by atoms with Crippen molar-refractivity contribution in [2.24, 2.45) is 0 Å². The minimum absolute atomic E-state index is 0.0745. The molecule has 3 aromatic rings. The van der Waals surface area contributed by atoms with Crippen LogP contribution in [0.4, 0.5) is 10.1 Å². The number of hydrogen-bond acceptors (Lipinski definition) is 4. The van der Waals surface area contributed by atoms with E-state index in [2.05, 4.69) is 0 Å². The molecule has 40 heavy (non-hydrogen) atoms. The van der Waals surface area contributed by atoms with Gasteiger partial charge in [-0.15, -0.1) is 0 Å². The summed E-state index contributed by atoms with van der Waals surface area (Å²) in [6, 6.07) is 8.24. The van der Waals surface area contributed by atoms with Crippen LogP contribution >= 0.6 is 11.6 Å². The second-order valence-corrected chi connectivity index (χ2v) is 13.7. The van der Waals surface area contributed by atoms with E-state index in [9.17, 15) is 18.3 Å². The van der Waals surface area contributed by atoms with Gasteiger partial charge >= 0.3 is 5.97 Å². The number of halogens is 2. The summed E-state index contributed by atoms with van der Waals surface area (Å²) in [6.45, 7) is 8.69. The zero-order valence-electron chi connectivity index (χ0n) is 23.2. The molecule has 0 spiro atoms. The van der Waals surface area contributed by atoms with Gasteiger partial charge in [-0.2, -0.15) is 0 Å². The molecular formula is C31H31ClFNO5S. The number of carboxylic acid groups (broad SMARTS) is 1. The Labute approximate surface area is 239 Å². The molecule has 0 saturated heterocycles. The molecule has 1 aliphatic heterocycles. The van der Waals surface area contributed by atoms with Crippen molar-refractivity contribution in [2.45, 2.75) is 59.3 Å². The Morgan fingerprint density at radius 3 is 2.42 bits per heavy atom. The largest absolute Gasteiger partial charge is 0.479 e. The predicted molar refractivity (Wildman–Crippen MR) is 157 cm³/mol. The van der Waals surface area contributed by atoms with Crippen molar-refractivity contribution in [1.29, 1.82) is 0 Å². The molecular weight excluding hydrogens is 553 g/mol. The van der Waals surface area contributed by atoms with E-state index >= 15 is 4.39 Å². The minimum atomic E-state index is -3.83. The van der Waals surface area contributed by atoms with Crippen molar-refractivity contribution >= 4 is 39.4 Å². The molecule has 0 unspecified atom stereocenters. The summed E-state index contributed by atoms with van der Waals surface area (Å²) in [5, 5.41) is 11.1. The average Bonchev–Trinajstić information content (AvgIpc) is 3.34. The standard InChI is InChI=1S/C31H31ClFNO5S/c1-16-24(21-13-14-22(32)20-11-8-10-19(20)21)26(29(30(35)36)39-31(3,4)5)17(2)28-25(16)27-18(9-7-12-23(27)33)15-34(28)40(6,37)38/h7-10,12-14,29H,11,15H2,1-6H3,(H,35,36)/t29-/m0/s1. The lowest BCUT2D eigenvalue weighted by Crippen LogP contribution is -2.35. The number of hydrogen-bond donors (Lipinski definition) is 1. The number of carboxylic acids is 1. The Hall–Kier alpha value is -3.20. The van der Waals surface area contributed by atoms with Gasteiger partial charge in [0, 0.05) is 21.7 Å². The van der Waals surface area contributed by atoms with Crippen LogP contribution in [0.2, 0.25) is 5.02 Å². The maximum absolute atomic E-state index is 15.6. The van der Waals surface area contributed by atoms with Crippen LogP contribution in [0.1, 0.15) is 60.3 Å². The Morgan fingerprint density at radius 2 is 1.80 bits per heavy atom. The van der Waals surface area contributed by atoms with Gasteiger partial charge in [0.2, 0.25) is 10.0 Å². The molecule has 1 heterocycles. The van der Waals surface area contributed by atoms with Crippen LogP contribution < -0.4 is 4.31 Å². The van der Waals surface area contributed by atoms with Gasteiger partial charge in [-0.25, -0.2) is 17.6 Å². The highest BCUT2D eigenvalue weighted by atomic mass is 35.5. The van der Waals surface area contributed by atoms with E-state index in [4.69, 9.17) is 16.3 Å². The molecule has 1 atom stereocenters. The molecule has 1 aliphatic carbocycles. The number of benzene rings is 3. The molecule has 5 rings (SSSR count). The van der Waals surface area contributed by atoms with Gasteiger partial charge in [-0.3, -0.25) is 4.31 Å². The lowest BCUT2D eigenvalue weighted by Gasteiger charge is -2.37. The molecule has 0 amide bonds. The Kier molecular flexibility index (Phi) is 6.88. The third kappa shape index (κ3) is 4.62. The van der Waals surface area contributed by atoms with Crippen LogP contribution in [0.25, 0.3) is 28.3 Å². The molecule has 3 aromatic carbocycles. The second-order valence-electron chi connectivity index (χ2n) is 11.3. The number of fused-ring (bicyclic) bond motifs is 4. The molecule has 0 fully saturated rings. The normalized spacial score (nSPS) is 15.1. The van der Waals surface area contributed by atoms with Crippen LogP contribution in [0.5, 0.6) is 0 Å². The van der Waals surface area contributed by atoms with Crippen molar-refractivity contribution in [3.8, 4) is 22.3 Å². The number of carbonyl (C=O) groups is 1. The average molecular weight is 584 g/mol. The third-order valence-corrected chi connectivity index (χ3v) is 8.93. The van der Waals surface area contributed by atoms with Crippen LogP contribution in [-0.4, -0.2) is 31.4 Å².